The number of hydrogen-bond acceptors (Lipinski definition) is 5. The number of aryl methyl sites for hydroxylation is 1. The first kappa shape index (κ1) is 14.9. The van der Waals surface area contributed by atoms with E-state index in [1.54, 1.807) is 18.3 Å². The Hall–Kier alpha value is -3.02. The third-order valence-corrected chi connectivity index (χ3v) is 3.39. The highest BCUT2D eigenvalue weighted by atomic mass is 16.4. The van der Waals surface area contributed by atoms with E-state index in [0.717, 1.165) is 11.1 Å². The quantitative estimate of drug-likeness (QED) is 0.783. The van der Waals surface area contributed by atoms with Crippen LogP contribution in [0.2, 0.25) is 0 Å². The molecule has 1 aromatic carbocycles. The number of benzene rings is 1. The summed E-state index contributed by atoms with van der Waals surface area (Å²) in [7, 11) is 0. The first-order chi connectivity index (χ1) is 11.2. The average Bonchev–Trinajstić information content (AvgIpc) is 3.04. The SMILES string of the molecule is Cc1ccccc1-c1nnc(CCNC(=O)c2cccnc2)o1. The minimum Gasteiger partial charge on any atom is -0.421 e. The van der Waals surface area contributed by atoms with Gasteiger partial charge in [-0.05, 0) is 30.7 Å². The molecular weight excluding hydrogens is 292 g/mol. The molecule has 3 aromatic rings. The van der Waals surface area contributed by atoms with Crippen LogP contribution in [0.15, 0.2) is 53.2 Å². The molecule has 6 nitrogen and oxygen atoms in total. The molecule has 0 bridgehead atoms. The second kappa shape index (κ2) is 6.83. The van der Waals surface area contributed by atoms with E-state index in [1.165, 1.54) is 6.20 Å². The van der Waals surface area contributed by atoms with Crippen molar-refractivity contribution in [3.05, 3.63) is 65.8 Å². The van der Waals surface area contributed by atoms with Crippen LogP contribution < -0.4 is 5.32 Å². The van der Waals surface area contributed by atoms with Crippen molar-refractivity contribution in [2.45, 2.75) is 13.3 Å². The molecule has 2 aromatic heterocycles. The van der Waals surface area contributed by atoms with E-state index in [0.29, 0.717) is 30.3 Å². The van der Waals surface area contributed by atoms with Crippen LogP contribution >= 0.6 is 0 Å². The molecule has 0 aliphatic carbocycles. The summed E-state index contributed by atoms with van der Waals surface area (Å²) >= 11 is 0. The third-order valence-electron chi connectivity index (χ3n) is 3.39. The molecule has 116 valence electrons. The Kier molecular flexibility index (Phi) is 4.42. The molecule has 0 unspecified atom stereocenters. The summed E-state index contributed by atoms with van der Waals surface area (Å²) in [5.74, 6) is 0.822. The van der Waals surface area contributed by atoms with Crippen molar-refractivity contribution >= 4 is 5.91 Å². The molecule has 2 heterocycles. The Labute approximate surface area is 133 Å². The van der Waals surface area contributed by atoms with Crippen LogP contribution in [0.3, 0.4) is 0 Å². The lowest BCUT2D eigenvalue weighted by atomic mass is 10.1. The van der Waals surface area contributed by atoms with Crippen LogP contribution in [0.1, 0.15) is 21.8 Å². The van der Waals surface area contributed by atoms with Crippen molar-refractivity contribution in [3.63, 3.8) is 0 Å². The normalized spacial score (nSPS) is 10.5. The van der Waals surface area contributed by atoms with Crippen LogP contribution in [0, 0.1) is 6.92 Å². The number of aromatic nitrogens is 3. The lowest BCUT2D eigenvalue weighted by Crippen LogP contribution is -2.25. The lowest BCUT2D eigenvalue weighted by Gasteiger charge is -2.02. The molecule has 0 aliphatic rings. The van der Waals surface area contributed by atoms with E-state index in [4.69, 9.17) is 4.42 Å². The topological polar surface area (TPSA) is 80.9 Å². The van der Waals surface area contributed by atoms with Gasteiger partial charge in [0.1, 0.15) is 0 Å². The van der Waals surface area contributed by atoms with Gasteiger partial charge in [0, 0.05) is 30.9 Å². The van der Waals surface area contributed by atoms with E-state index in [2.05, 4.69) is 20.5 Å². The summed E-state index contributed by atoms with van der Waals surface area (Å²) in [4.78, 5) is 15.8. The van der Waals surface area contributed by atoms with Crippen molar-refractivity contribution < 1.29 is 9.21 Å². The van der Waals surface area contributed by atoms with Crippen molar-refractivity contribution in [1.82, 2.24) is 20.5 Å². The third kappa shape index (κ3) is 3.60. The van der Waals surface area contributed by atoms with E-state index in [1.807, 2.05) is 31.2 Å². The summed E-state index contributed by atoms with van der Waals surface area (Å²) in [5.41, 5.74) is 2.52. The minimum atomic E-state index is -0.170. The predicted octanol–water partition coefficient (Wildman–Crippen LogP) is 2.41. The zero-order valence-corrected chi connectivity index (χ0v) is 12.7. The summed E-state index contributed by atoms with van der Waals surface area (Å²) < 4.78 is 5.65. The molecule has 0 aliphatic heterocycles. The Morgan fingerprint density at radius 2 is 2.04 bits per heavy atom. The fourth-order valence-electron chi connectivity index (χ4n) is 2.16. The zero-order valence-electron chi connectivity index (χ0n) is 12.7. The molecule has 0 spiro atoms. The number of hydrogen-bond donors (Lipinski definition) is 1. The molecule has 6 heteroatoms. The van der Waals surface area contributed by atoms with E-state index < -0.39 is 0 Å². The van der Waals surface area contributed by atoms with Crippen molar-refractivity contribution in [2.75, 3.05) is 6.54 Å². The van der Waals surface area contributed by atoms with Gasteiger partial charge in [-0.25, -0.2) is 0 Å². The number of pyridine rings is 1. The van der Waals surface area contributed by atoms with Crippen molar-refractivity contribution in [1.29, 1.82) is 0 Å². The Morgan fingerprint density at radius 3 is 2.83 bits per heavy atom. The maximum atomic E-state index is 11.9. The summed E-state index contributed by atoms with van der Waals surface area (Å²) in [6.45, 7) is 2.41. The van der Waals surface area contributed by atoms with Gasteiger partial charge in [0.15, 0.2) is 0 Å². The van der Waals surface area contributed by atoms with Gasteiger partial charge in [-0.1, -0.05) is 18.2 Å². The van der Waals surface area contributed by atoms with Gasteiger partial charge >= 0.3 is 0 Å². The number of rotatable bonds is 5. The summed E-state index contributed by atoms with van der Waals surface area (Å²) in [6, 6.07) is 11.3. The number of carbonyl (C=O) groups is 1. The Bertz CT molecular complexity index is 799. The number of amides is 1. The fourth-order valence-corrected chi connectivity index (χ4v) is 2.16. The van der Waals surface area contributed by atoms with Crippen LogP contribution in [-0.4, -0.2) is 27.6 Å². The minimum absolute atomic E-state index is 0.170. The highest BCUT2D eigenvalue weighted by molar-refractivity contribution is 5.93. The summed E-state index contributed by atoms with van der Waals surface area (Å²) in [5, 5.41) is 10.9. The predicted molar refractivity (Wildman–Crippen MR) is 84.7 cm³/mol. The first-order valence-electron chi connectivity index (χ1n) is 7.30. The smallest absolute Gasteiger partial charge is 0.252 e. The second-order valence-corrected chi connectivity index (χ2v) is 5.06. The second-order valence-electron chi connectivity index (χ2n) is 5.06. The molecule has 23 heavy (non-hydrogen) atoms. The molecule has 0 radical (unpaired) electrons. The molecule has 0 saturated carbocycles. The van der Waals surface area contributed by atoms with Crippen LogP contribution in [0.4, 0.5) is 0 Å². The van der Waals surface area contributed by atoms with Crippen LogP contribution in [0.25, 0.3) is 11.5 Å². The first-order valence-corrected chi connectivity index (χ1v) is 7.30. The highest BCUT2D eigenvalue weighted by Crippen LogP contribution is 2.21. The monoisotopic (exact) mass is 308 g/mol. The van der Waals surface area contributed by atoms with E-state index >= 15 is 0 Å². The summed E-state index contributed by atoms with van der Waals surface area (Å²) in [6.07, 6.45) is 3.63. The molecule has 1 N–H and O–H groups in total. The average molecular weight is 308 g/mol. The van der Waals surface area contributed by atoms with Gasteiger partial charge in [0.2, 0.25) is 11.8 Å². The largest absolute Gasteiger partial charge is 0.421 e. The number of nitrogens with zero attached hydrogens (tertiary/aromatic N) is 3. The molecule has 1 amide bonds. The molecular formula is C17H16N4O2. The van der Waals surface area contributed by atoms with E-state index in [9.17, 15) is 4.79 Å². The van der Waals surface area contributed by atoms with Crippen LogP contribution in [0.5, 0.6) is 0 Å². The lowest BCUT2D eigenvalue weighted by molar-refractivity contribution is 0.0953. The van der Waals surface area contributed by atoms with Crippen LogP contribution in [-0.2, 0) is 6.42 Å². The number of carbonyl (C=O) groups excluding carboxylic acids is 1. The van der Waals surface area contributed by atoms with E-state index in [-0.39, 0.29) is 5.91 Å². The molecule has 3 rings (SSSR count). The molecule has 0 saturated heterocycles. The maximum Gasteiger partial charge on any atom is 0.252 e. The van der Waals surface area contributed by atoms with Gasteiger partial charge < -0.3 is 9.73 Å². The molecule has 0 atom stereocenters. The van der Waals surface area contributed by atoms with Gasteiger partial charge in [0.25, 0.3) is 5.91 Å². The highest BCUT2D eigenvalue weighted by Gasteiger charge is 2.11. The van der Waals surface area contributed by atoms with Crippen molar-refractivity contribution in [2.24, 2.45) is 0 Å². The van der Waals surface area contributed by atoms with Gasteiger partial charge in [0.05, 0.1) is 5.56 Å². The van der Waals surface area contributed by atoms with Gasteiger partial charge in [-0.15, -0.1) is 10.2 Å². The molecule has 0 fully saturated rings. The number of nitrogens with one attached hydrogen (secondary N) is 1. The Balaban J connectivity index is 1.58. The standard InChI is InChI=1S/C17H16N4O2/c1-12-5-2-3-7-14(12)17-21-20-15(23-17)8-10-19-16(22)13-6-4-9-18-11-13/h2-7,9,11H,8,10H2,1H3,(H,19,22). The maximum absolute atomic E-state index is 11.9. The Morgan fingerprint density at radius 1 is 1.17 bits per heavy atom. The zero-order chi connectivity index (χ0) is 16.1. The van der Waals surface area contributed by atoms with Crippen molar-refractivity contribution in [3.8, 4) is 11.5 Å². The van der Waals surface area contributed by atoms with Gasteiger partial charge in [-0.2, -0.15) is 0 Å². The van der Waals surface area contributed by atoms with Gasteiger partial charge in [-0.3, -0.25) is 9.78 Å². The fraction of sp³-hybridized carbons (Fsp3) is 0.176.